The second kappa shape index (κ2) is 4.01. The zero-order valence-electron chi connectivity index (χ0n) is 10.9. The van der Waals surface area contributed by atoms with Crippen LogP contribution >= 0.6 is 0 Å². The minimum absolute atomic E-state index is 0.214. The number of H-pyrrole nitrogens is 1. The Kier molecular flexibility index (Phi) is 2.45. The number of benzene rings is 1. The van der Waals surface area contributed by atoms with Crippen LogP contribution in [0.1, 0.15) is 0 Å². The van der Waals surface area contributed by atoms with Gasteiger partial charge >= 0.3 is 0 Å². The quantitative estimate of drug-likeness (QED) is 0.756. The summed E-state index contributed by atoms with van der Waals surface area (Å²) in [6.45, 7) is 0. The van der Waals surface area contributed by atoms with E-state index in [9.17, 15) is 4.79 Å². The van der Waals surface area contributed by atoms with Crippen LogP contribution in [0.25, 0.3) is 21.8 Å². The average molecular weight is 259 g/mol. The number of methoxy groups -OCH3 is 2. The number of aromatic amines is 1. The van der Waals surface area contributed by atoms with Crippen LogP contribution < -0.4 is 15.0 Å². The molecule has 3 rings (SSSR count). The van der Waals surface area contributed by atoms with Gasteiger partial charge < -0.3 is 14.0 Å². The Labute approximate surface area is 108 Å². The molecule has 0 aliphatic rings. The predicted octanol–water partition coefficient (Wildman–Crippen LogP) is 1.43. The number of ether oxygens (including phenoxy) is 2. The van der Waals surface area contributed by atoms with Crippen molar-refractivity contribution in [3.8, 4) is 11.5 Å². The van der Waals surface area contributed by atoms with E-state index in [2.05, 4.69) is 10.2 Å². The van der Waals surface area contributed by atoms with E-state index in [1.165, 1.54) is 0 Å². The lowest BCUT2D eigenvalue weighted by molar-refractivity contribution is 0.356. The molecule has 19 heavy (non-hydrogen) atoms. The number of fused-ring (bicyclic) bond motifs is 3. The maximum atomic E-state index is 11.9. The molecule has 1 N–H and O–H groups in total. The number of hydrogen-bond acceptors (Lipinski definition) is 4. The first-order valence-corrected chi connectivity index (χ1v) is 5.75. The Bertz CT molecular complexity index is 832. The molecule has 0 fully saturated rings. The van der Waals surface area contributed by atoms with Gasteiger partial charge in [-0.05, 0) is 6.07 Å². The number of nitrogens with one attached hydrogen (secondary N) is 1. The van der Waals surface area contributed by atoms with Gasteiger partial charge in [-0.15, -0.1) is 0 Å². The zero-order chi connectivity index (χ0) is 13.6. The van der Waals surface area contributed by atoms with Gasteiger partial charge in [0.15, 0.2) is 11.5 Å². The first kappa shape index (κ1) is 11.6. The molecule has 0 aliphatic carbocycles. The minimum atomic E-state index is -0.214. The Hall–Kier alpha value is -2.50. The highest BCUT2D eigenvalue weighted by Gasteiger charge is 2.15. The van der Waals surface area contributed by atoms with Gasteiger partial charge in [-0.1, -0.05) is 0 Å². The van der Waals surface area contributed by atoms with E-state index in [1.807, 2.05) is 23.7 Å². The van der Waals surface area contributed by atoms with Crippen molar-refractivity contribution in [1.29, 1.82) is 0 Å². The summed E-state index contributed by atoms with van der Waals surface area (Å²) in [5, 5.41) is 8.00. The van der Waals surface area contributed by atoms with E-state index in [0.29, 0.717) is 17.0 Å². The number of hydrogen-bond donors (Lipinski definition) is 1. The van der Waals surface area contributed by atoms with Gasteiger partial charge in [0.2, 0.25) is 0 Å². The van der Waals surface area contributed by atoms with Gasteiger partial charge in [0.05, 0.1) is 25.9 Å². The Morgan fingerprint density at radius 3 is 2.53 bits per heavy atom. The molecule has 3 aromatic rings. The van der Waals surface area contributed by atoms with E-state index in [0.717, 1.165) is 16.3 Å². The third-order valence-corrected chi connectivity index (χ3v) is 3.32. The van der Waals surface area contributed by atoms with Crippen molar-refractivity contribution in [2.24, 2.45) is 7.05 Å². The lowest BCUT2D eigenvalue weighted by atomic mass is 10.2. The van der Waals surface area contributed by atoms with Gasteiger partial charge in [0.1, 0.15) is 5.52 Å². The zero-order valence-corrected chi connectivity index (χ0v) is 10.9. The molecule has 0 bridgehead atoms. The monoisotopic (exact) mass is 259 g/mol. The summed E-state index contributed by atoms with van der Waals surface area (Å²) in [6.07, 6.45) is 1.64. The van der Waals surface area contributed by atoms with Gasteiger partial charge in [-0.25, -0.2) is 5.10 Å². The summed E-state index contributed by atoms with van der Waals surface area (Å²) < 4.78 is 12.4. The highest BCUT2D eigenvalue weighted by atomic mass is 16.5. The molecule has 98 valence electrons. The molecule has 1 aromatic carbocycles. The lowest BCUT2D eigenvalue weighted by Crippen LogP contribution is -2.10. The normalized spacial score (nSPS) is 11.1. The molecule has 0 aliphatic heterocycles. The minimum Gasteiger partial charge on any atom is -0.493 e. The highest BCUT2D eigenvalue weighted by Crippen LogP contribution is 2.35. The van der Waals surface area contributed by atoms with Crippen molar-refractivity contribution in [3.63, 3.8) is 0 Å². The van der Waals surface area contributed by atoms with E-state index < -0.39 is 0 Å². The van der Waals surface area contributed by atoms with Crippen LogP contribution in [-0.2, 0) is 7.05 Å². The fourth-order valence-electron chi connectivity index (χ4n) is 2.40. The summed E-state index contributed by atoms with van der Waals surface area (Å²) in [4.78, 5) is 11.9. The van der Waals surface area contributed by atoms with Crippen LogP contribution in [0.2, 0.25) is 0 Å². The molecule has 6 heteroatoms. The van der Waals surface area contributed by atoms with Crippen molar-refractivity contribution in [3.05, 3.63) is 28.7 Å². The first-order chi connectivity index (χ1) is 9.17. The van der Waals surface area contributed by atoms with Crippen molar-refractivity contribution < 1.29 is 9.47 Å². The molecule has 0 radical (unpaired) electrons. The fourth-order valence-corrected chi connectivity index (χ4v) is 2.40. The molecule has 0 atom stereocenters. The Morgan fingerprint density at radius 2 is 1.84 bits per heavy atom. The molecule has 0 unspecified atom stereocenters. The van der Waals surface area contributed by atoms with Crippen molar-refractivity contribution in [1.82, 2.24) is 14.8 Å². The number of aromatic nitrogens is 3. The summed E-state index contributed by atoms with van der Waals surface area (Å²) in [7, 11) is 5.01. The molecule has 0 amide bonds. The van der Waals surface area contributed by atoms with Crippen molar-refractivity contribution in [2.75, 3.05) is 14.2 Å². The van der Waals surface area contributed by atoms with E-state index in [4.69, 9.17) is 9.47 Å². The van der Waals surface area contributed by atoms with Crippen LogP contribution in [-0.4, -0.2) is 29.0 Å². The average Bonchev–Trinajstić information content (AvgIpc) is 2.71. The third-order valence-electron chi connectivity index (χ3n) is 3.32. The third kappa shape index (κ3) is 1.49. The van der Waals surface area contributed by atoms with Gasteiger partial charge in [0, 0.05) is 23.9 Å². The Balaban J connectivity index is 2.55. The lowest BCUT2D eigenvalue weighted by Gasteiger charge is -2.08. The van der Waals surface area contributed by atoms with E-state index in [-0.39, 0.29) is 5.56 Å². The molecule has 0 saturated heterocycles. The smallest absolute Gasteiger partial charge is 0.288 e. The van der Waals surface area contributed by atoms with Gasteiger partial charge in [-0.3, -0.25) is 4.79 Å². The van der Waals surface area contributed by atoms with Gasteiger partial charge in [-0.2, -0.15) is 5.10 Å². The SMILES string of the molecule is COc1cc2c3cn[nH]c(=O)c3n(C)c2cc1OC. The fraction of sp³-hybridized carbons (Fsp3) is 0.231. The topological polar surface area (TPSA) is 69.1 Å². The van der Waals surface area contributed by atoms with Crippen LogP contribution in [0, 0.1) is 0 Å². The molecule has 6 nitrogen and oxygen atoms in total. The molecule has 2 heterocycles. The van der Waals surface area contributed by atoms with Crippen LogP contribution in [0.4, 0.5) is 0 Å². The standard InChI is InChI=1S/C13H13N3O3/c1-16-9-5-11(19-3)10(18-2)4-7(9)8-6-14-15-13(17)12(8)16/h4-6H,1-3H3,(H,15,17). The summed E-state index contributed by atoms with van der Waals surface area (Å²) in [6, 6.07) is 3.71. The second-order valence-electron chi connectivity index (χ2n) is 4.24. The maximum absolute atomic E-state index is 11.9. The van der Waals surface area contributed by atoms with Crippen LogP contribution in [0.15, 0.2) is 23.1 Å². The molecule has 2 aromatic heterocycles. The number of rotatable bonds is 2. The largest absolute Gasteiger partial charge is 0.493 e. The molecular weight excluding hydrogens is 246 g/mol. The number of nitrogens with zero attached hydrogens (tertiary/aromatic N) is 2. The van der Waals surface area contributed by atoms with Crippen molar-refractivity contribution >= 4 is 21.8 Å². The van der Waals surface area contributed by atoms with Crippen LogP contribution in [0.3, 0.4) is 0 Å². The highest BCUT2D eigenvalue weighted by molar-refractivity contribution is 6.08. The molecule has 0 spiro atoms. The first-order valence-electron chi connectivity index (χ1n) is 5.75. The van der Waals surface area contributed by atoms with Crippen LogP contribution in [0.5, 0.6) is 11.5 Å². The summed E-state index contributed by atoms with van der Waals surface area (Å²) >= 11 is 0. The maximum Gasteiger partial charge on any atom is 0.288 e. The molecule has 0 saturated carbocycles. The van der Waals surface area contributed by atoms with E-state index in [1.54, 1.807) is 20.4 Å². The van der Waals surface area contributed by atoms with Crippen molar-refractivity contribution in [2.45, 2.75) is 0 Å². The predicted molar refractivity (Wildman–Crippen MR) is 71.9 cm³/mol. The van der Waals surface area contributed by atoms with Gasteiger partial charge in [0.25, 0.3) is 5.56 Å². The molecular formula is C13H13N3O3. The second-order valence-corrected chi connectivity index (χ2v) is 4.24. The summed E-state index contributed by atoms with van der Waals surface area (Å²) in [5.41, 5.74) is 1.26. The van der Waals surface area contributed by atoms with E-state index >= 15 is 0 Å². The number of aryl methyl sites for hydroxylation is 1. The summed E-state index contributed by atoms with van der Waals surface area (Å²) in [5.74, 6) is 1.26. The Morgan fingerprint density at radius 1 is 1.16 bits per heavy atom.